The Morgan fingerprint density at radius 1 is 1.34 bits per heavy atom. The summed E-state index contributed by atoms with van der Waals surface area (Å²) in [5.41, 5.74) is 4.43. The van der Waals surface area contributed by atoms with Crippen LogP contribution in [0.25, 0.3) is 10.9 Å². The number of aromatic nitrogens is 2. The van der Waals surface area contributed by atoms with Gasteiger partial charge in [-0.2, -0.15) is 0 Å². The zero-order valence-electron chi connectivity index (χ0n) is 15.7. The lowest BCUT2D eigenvalue weighted by Crippen LogP contribution is -2.34. The van der Waals surface area contributed by atoms with E-state index in [1.54, 1.807) is 42.2 Å². The normalized spacial score (nSPS) is 14.9. The molecule has 0 saturated carbocycles. The van der Waals surface area contributed by atoms with E-state index in [0.717, 1.165) is 21.9 Å². The van der Waals surface area contributed by atoms with Crippen LogP contribution in [-0.2, 0) is 16.6 Å². The predicted molar refractivity (Wildman–Crippen MR) is 116 cm³/mol. The molecule has 0 aliphatic carbocycles. The van der Waals surface area contributed by atoms with Crippen LogP contribution >= 0.6 is 22.6 Å². The summed E-state index contributed by atoms with van der Waals surface area (Å²) < 4.78 is 22.3. The molecule has 1 aromatic carbocycles. The molecule has 1 aliphatic heterocycles. The highest BCUT2D eigenvalue weighted by atomic mass is 127. The van der Waals surface area contributed by atoms with Crippen molar-refractivity contribution in [2.45, 2.75) is 18.9 Å². The number of benzene rings is 1. The predicted octanol–water partition coefficient (Wildman–Crippen LogP) is 3.90. The molecule has 0 radical (unpaired) electrons. The van der Waals surface area contributed by atoms with E-state index in [0.29, 0.717) is 30.0 Å². The highest BCUT2D eigenvalue weighted by molar-refractivity contribution is 14.1. The maximum absolute atomic E-state index is 14.4. The number of aryl methyl sites for hydroxylation is 1. The number of ether oxygens (including phenoxy) is 1. The molecule has 3 heterocycles. The number of hydrogen-bond acceptors (Lipinski definition) is 5. The Morgan fingerprint density at radius 2 is 2.14 bits per heavy atom. The summed E-state index contributed by atoms with van der Waals surface area (Å²) in [6, 6.07) is 6.68. The highest BCUT2D eigenvalue weighted by Gasteiger charge is 2.24. The second-order valence-electron chi connectivity index (χ2n) is 6.79. The number of nitrogens with zero attached hydrogens (tertiary/aromatic N) is 2. The molecule has 9 heteroatoms. The number of nitrogens with one attached hydrogen (secondary N) is 2. The minimum absolute atomic E-state index is 0.0888. The van der Waals surface area contributed by atoms with Gasteiger partial charge in [0.15, 0.2) is 0 Å². The van der Waals surface area contributed by atoms with Gasteiger partial charge in [0.2, 0.25) is 0 Å². The molecule has 1 aliphatic rings. The minimum atomic E-state index is -0.413. The van der Waals surface area contributed by atoms with Crippen molar-refractivity contribution in [2.75, 3.05) is 18.5 Å². The largest absolute Gasteiger partial charge is 0.381 e. The van der Waals surface area contributed by atoms with Gasteiger partial charge in [0, 0.05) is 41.6 Å². The number of hydroxylamine groups is 1. The smallest absolute Gasteiger partial charge is 0.293 e. The van der Waals surface area contributed by atoms with Gasteiger partial charge < -0.3 is 14.6 Å². The van der Waals surface area contributed by atoms with Crippen molar-refractivity contribution in [1.82, 2.24) is 15.0 Å². The maximum atomic E-state index is 14.4. The van der Waals surface area contributed by atoms with Crippen molar-refractivity contribution in [3.8, 4) is 0 Å². The molecule has 1 saturated heterocycles. The van der Waals surface area contributed by atoms with Crippen molar-refractivity contribution >= 4 is 50.8 Å². The number of carbonyl (C=O) groups excluding carboxylic acids is 1. The number of amides is 1. The minimum Gasteiger partial charge on any atom is -0.381 e. The average Bonchev–Trinajstić information content (AvgIpc) is 3.01. The van der Waals surface area contributed by atoms with Crippen molar-refractivity contribution in [2.24, 2.45) is 7.05 Å². The Kier molecular flexibility index (Phi) is 5.97. The SMILES string of the molecule is Cn1c(C(=O)NOC2CCOCC2)c(Nc2ccc(I)cc2F)c2cnccc21. The number of halogens is 2. The zero-order chi connectivity index (χ0) is 20.4. The summed E-state index contributed by atoms with van der Waals surface area (Å²) in [5, 5.41) is 3.79. The molecule has 1 fully saturated rings. The van der Waals surface area contributed by atoms with E-state index in [1.165, 1.54) is 6.07 Å². The third kappa shape index (κ3) is 4.21. The number of pyridine rings is 1. The van der Waals surface area contributed by atoms with Gasteiger partial charge in [-0.15, -0.1) is 0 Å². The number of rotatable bonds is 5. The summed E-state index contributed by atoms with van der Waals surface area (Å²) in [7, 11) is 1.78. The van der Waals surface area contributed by atoms with E-state index in [4.69, 9.17) is 9.57 Å². The van der Waals surface area contributed by atoms with E-state index in [2.05, 4.69) is 15.8 Å². The third-order valence-corrected chi connectivity index (χ3v) is 5.56. The number of anilines is 2. The van der Waals surface area contributed by atoms with Crippen molar-refractivity contribution < 1.29 is 18.8 Å². The van der Waals surface area contributed by atoms with Gasteiger partial charge in [0.1, 0.15) is 11.5 Å². The zero-order valence-corrected chi connectivity index (χ0v) is 17.9. The molecule has 0 bridgehead atoms. The van der Waals surface area contributed by atoms with E-state index >= 15 is 0 Å². The molecule has 0 spiro atoms. The Hall–Kier alpha value is -2.24. The van der Waals surface area contributed by atoms with Crippen LogP contribution in [-0.4, -0.2) is 34.8 Å². The Morgan fingerprint density at radius 3 is 2.90 bits per heavy atom. The number of carbonyl (C=O) groups is 1. The van der Waals surface area contributed by atoms with Gasteiger partial charge in [0.05, 0.1) is 23.0 Å². The van der Waals surface area contributed by atoms with Gasteiger partial charge in [-0.1, -0.05) is 0 Å². The summed E-state index contributed by atoms with van der Waals surface area (Å²) in [4.78, 5) is 22.7. The maximum Gasteiger partial charge on any atom is 0.293 e. The second kappa shape index (κ2) is 8.64. The molecular formula is C20H20FIN4O3. The molecule has 3 aromatic rings. The van der Waals surface area contributed by atoms with Crippen molar-refractivity contribution in [3.05, 3.63) is 51.7 Å². The van der Waals surface area contributed by atoms with Crippen LogP contribution < -0.4 is 10.8 Å². The first-order chi connectivity index (χ1) is 14.0. The quantitative estimate of drug-likeness (QED) is 0.403. The third-order valence-electron chi connectivity index (χ3n) is 4.89. The lowest BCUT2D eigenvalue weighted by Gasteiger charge is -2.22. The van der Waals surface area contributed by atoms with Crippen LogP contribution in [0.2, 0.25) is 0 Å². The summed E-state index contributed by atoms with van der Waals surface area (Å²) in [5.74, 6) is -0.814. The molecule has 0 unspecified atom stereocenters. The van der Waals surface area contributed by atoms with Crippen LogP contribution in [0, 0.1) is 9.39 Å². The van der Waals surface area contributed by atoms with E-state index < -0.39 is 11.7 Å². The molecular weight excluding hydrogens is 490 g/mol. The Balaban J connectivity index is 1.67. The first kappa shape index (κ1) is 20.0. The fourth-order valence-corrected chi connectivity index (χ4v) is 3.84. The molecule has 152 valence electrons. The van der Waals surface area contributed by atoms with Gasteiger partial charge in [-0.3, -0.25) is 14.6 Å². The van der Waals surface area contributed by atoms with Gasteiger partial charge >= 0.3 is 0 Å². The molecule has 1 amide bonds. The van der Waals surface area contributed by atoms with Crippen molar-refractivity contribution in [3.63, 3.8) is 0 Å². The average molecular weight is 510 g/mol. The van der Waals surface area contributed by atoms with Gasteiger partial charge in [-0.05, 0) is 59.7 Å². The van der Waals surface area contributed by atoms with Crippen LogP contribution in [0.3, 0.4) is 0 Å². The lowest BCUT2D eigenvalue weighted by molar-refractivity contribution is -0.0675. The monoisotopic (exact) mass is 510 g/mol. The van der Waals surface area contributed by atoms with E-state index in [9.17, 15) is 9.18 Å². The van der Waals surface area contributed by atoms with Crippen LogP contribution in [0.1, 0.15) is 23.3 Å². The van der Waals surface area contributed by atoms with Gasteiger partial charge in [0.25, 0.3) is 5.91 Å². The second-order valence-corrected chi connectivity index (χ2v) is 8.03. The fraction of sp³-hybridized carbons (Fsp3) is 0.300. The number of hydrogen-bond donors (Lipinski definition) is 2. The van der Waals surface area contributed by atoms with E-state index in [1.807, 2.05) is 22.6 Å². The molecule has 4 rings (SSSR count). The molecule has 7 nitrogen and oxygen atoms in total. The first-order valence-corrected chi connectivity index (χ1v) is 10.3. The molecule has 2 aromatic heterocycles. The number of fused-ring (bicyclic) bond motifs is 1. The topological polar surface area (TPSA) is 77.4 Å². The standard InChI is InChI=1S/C20H20FIN4O3/c1-26-17-4-7-23-11-14(17)18(24-16-3-2-12(22)10-15(16)21)19(26)20(27)25-29-13-5-8-28-9-6-13/h2-4,7,10-11,13,24H,5-6,8-9H2,1H3,(H,25,27). The molecule has 29 heavy (non-hydrogen) atoms. The summed E-state index contributed by atoms with van der Waals surface area (Å²) >= 11 is 2.05. The Labute approximate surface area is 180 Å². The summed E-state index contributed by atoms with van der Waals surface area (Å²) in [6.07, 6.45) is 4.65. The summed E-state index contributed by atoms with van der Waals surface area (Å²) in [6.45, 7) is 1.22. The molecule has 2 N–H and O–H groups in total. The first-order valence-electron chi connectivity index (χ1n) is 9.23. The fourth-order valence-electron chi connectivity index (χ4n) is 3.38. The van der Waals surface area contributed by atoms with Crippen molar-refractivity contribution in [1.29, 1.82) is 0 Å². The van der Waals surface area contributed by atoms with Crippen LogP contribution in [0.5, 0.6) is 0 Å². The van der Waals surface area contributed by atoms with Gasteiger partial charge in [-0.25, -0.2) is 9.87 Å². The highest BCUT2D eigenvalue weighted by Crippen LogP contribution is 2.33. The molecule has 0 atom stereocenters. The van der Waals surface area contributed by atoms with Crippen LogP contribution in [0.4, 0.5) is 15.8 Å². The van der Waals surface area contributed by atoms with Crippen LogP contribution in [0.15, 0.2) is 36.7 Å². The lowest BCUT2D eigenvalue weighted by atomic mass is 10.2. The van der Waals surface area contributed by atoms with E-state index in [-0.39, 0.29) is 11.8 Å². The Bertz CT molecular complexity index is 1050.